The number of aromatic nitrogens is 3. The first kappa shape index (κ1) is 10.9. The van der Waals surface area contributed by atoms with E-state index in [1.165, 1.54) is 0 Å². The SMILES string of the molecule is Cn1ncc(CNc2ncccc2Br)c1N. The zero-order valence-corrected chi connectivity index (χ0v) is 10.4. The van der Waals surface area contributed by atoms with Crippen LogP contribution in [-0.4, -0.2) is 14.8 Å². The van der Waals surface area contributed by atoms with Gasteiger partial charge in [0.25, 0.3) is 0 Å². The summed E-state index contributed by atoms with van der Waals surface area (Å²) in [7, 11) is 1.81. The van der Waals surface area contributed by atoms with Crippen molar-refractivity contribution in [2.75, 3.05) is 11.1 Å². The highest BCUT2D eigenvalue weighted by Crippen LogP contribution is 2.19. The van der Waals surface area contributed by atoms with E-state index in [1.54, 1.807) is 17.1 Å². The quantitative estimate of drug-likeness (QED) is 0.900. The van der Waals surface area contributed by atoms with Gasteiger partial charge in [0.2, 0.25) is 0 Å². The summed E-state index contributed by atoms with van der Waals surface area (Å²) in [6, 6.07) is 3.80. The van der Waals surface area contributed by atoms with E-state index in [0.29, 0.717) is 12.4 Å². The molecule has 0 saturated heterocycles. The highest BCUT2D eigenvalue weighted by molar-refractivity contribution is 9.10. The van der Waals surface area contributed by atoms with Gasteiger partial charge >= 0.3 is 0 Å². The Morgan fingerprint density at radius 3 is 3.00 bits per heavy atom. The minimum atomic E-state index is 0.606. The number of hydrogen-bond acceptors (Lipinski definition) is 4. The second kappa shape index (κ2) is 4.52. The average molecular weight is 282 g/mol. The summed E-state index contributed by atoms with van der Waals surface area (Å²) >= 11 is 3.42. The molecule has 2 rings (SSSR count). The van der Waals surface area contributed by atoms with E-state index in [4.69, 9.17) is 5.73 Å². The van der Waals surface area contributed by atoms with E-state index in [0.717, 1.165) is 15.9 Å². The molecule has 0 spiro atoms. The Balaban J connectivity index is 2.08. The van der Waals surface area contributed by atoms with Crippen molar-refractivity contribution in [2.24, 2.45) is 7.05 Å². The molecule has 0 bridgehead atoms. The van der Waals surface area contributed by atoms with Gasteiger partial charge in [-0.25, -0.2) is 4.98 Å². The van der Waals surface area contributed by atoms with Crippen LogP contribution in [0.2, 0.25) is 0 Å². The van der Waals surface area contributed by atoms with Gasteiger partial charge in [-0.15, -0.1) is 0 Å². The molecule has 0 amide bonds. The number of aryl methyl sites for hydroxylation is 1. The fourth-order valence-corrected chi connectivity index (χ4v) is 1.72. The molecular formula is C10H12BrN5. The molecule has 0 aliphatic rings. The van der Waals surface area contributed by atoms with Gasteiger partial charge < -0.3 is 11.1 Å². The summed E-state index contributed by atoms with van der Waals surface area (Å²) < 4.78 is 2.57. The van der Waals surface area contributed by atoms with Crippen molar-refractivity contribution in [2.45, 2.75) is 6.54 Å². The van der Waals surface area contributed by atoms with Crippen LogP contribution in [0.4, 0.5) is 11.6 Å². The number of nitrogens with zero attached hydrogens (tertiary/aromatic N) is 3. The maximum Gasteiger partial charge on any atom is 0.140 e. The zero-order chi connectivity index (χ0) is 11.5. The maximum absolute atomic E-state index is 5.83. The summed E-state index contributed by atoms with van der Waals surface area (Å²) in [5, 5.41) is 7.26. The maximum atomic E-state index is 5.83. The smallest absolute Gasteiger partial charge is 0.140 e. The van der Waals surface area contributed by atoms with Crippen LogP contribution in [0.15, 0.2) is 29.0 Å². The summed E-state index contributed by atoms with van der Waals surface area (Å²) in [6.07, 6.45) is 3.48. The predicted molar refractivity (Wildman–Crippen MR) is 66.9 cm³/mol. The third kappa shape index (κ3) is 2.16. The van der Waals surface area contributed by atoms with E-state index in [9.17, 15) is 0 Å². The molecule has 0 atom stereocenters. The van der Waals surface area contributed by atoms with E-state index in [1.807, 2.05) is 19.2 Å². The lowest BCUT2D eigenvalue weighted by Gasteiger charge is -2.06. The molecule has 0 aliphatic carbocycles. The molecule has 2 aromatic rings. The average Bonchev–Trinajstić information content (AvgIpc) is 2.59. The molecule has 2 heterocycles. The molecule has 3 N–H and O–H groups in total. The topological polar surface area (TPSA) is 68.8 Å². The number of nitrogens with two attached hydrogens (primary N) is 1. The summed E-state index contributed by atoms with van der Waals surface area (Å²) in [6.45, 7) is 0.606. The number of hydrogen-bond donors (Lipinski definition) is 2. The van der Waals surface area contributed by atoms with E-state index in [2.05, 4.69) is 31.3 Å². The predicted octanol–water partition coefficient (Wildman–Crippen LogP) is 1.77. The van der Waals surface area contributed by atoms with Crippen LogP contribution < -0.4 is 11.1 Å². The van der Waals surface area contributed by atoms with Crippen molar-refractivity contribution in [3.05, 3.63) is 34.6 Å². The van der Waals surface area contributed by atoms with Crippen molar-refractivity contribution in [1.82, 2.24) is 14.8 Å². The fraction of sp³-hybridized carbons (Fsp3) is 0.200. The van der Waals surface area contributed by atoms with Crippen LogP contribution in [0.25, 0.3) is 0 Å². The van der Waals surface area contributed by atoms with Gasteiger partial charge in [-0.2, -0.15) is 5.10 Å². The van der Waals surface area contributed by atoms with Gasteiger partial charge in [0.1, 0.15) is 11.6 Å². The van der Waals surface area contributed by atoms with Crippen molar-refractivity contribution in [3.8, 4) is 0 Å². The summed E-state index contributed by atoms with van der Waals surface area (Å²) in [5.41, 5.74) is 6.79. The first-order valence-corrected chi connectivity index (χ1v) is 5.58. The molecule has 0 aromatic carbocycles. The van der Waals surface area contributed by atoms with Gasteiger partial charge in [0, 0.05) is 25.4 Å². The Labute approximate surface area is 102 Å². The fourth-order valence-electron chi connectivity index (χ4n) is 1.32. The molecule has 5 nitrogen and oxygen atoms in total. The summed E-state index contributed by atoms with van der Waals surface area (Å²) in [5.74, 6) is 1.46. The minimum Gasteiger partial charge on any atom is -0.384 e. The standard InChI is InChI=1S/C10H12BrN5/c1-16-9(12)7(6-15-16)5-14-10-8(11)3-2-4-13-10/h2-4,6H,5,12H2,1H3,(H,13,14). The molecule has 0 fully saturated rings. The molecule has 6 heteroatoms. The van der Waals surface area contributed by atoms with Crippen molar-refractivity contribution in [1.29, 1.82) is 0 Å². The first-order chi connectivity index (χ1) is 7.68. The number of nitrogens with one attached hydrogen (secondary N) is 1. The number of nitrogen functional groups attached to an aromatic ring is 1. The first-order valence-electron chi connectivity index (χ1n) is 4.79. The van der Waals surface area contributed by atoms with E-state index >= 15 is 0 Å². The van der Waals surface area contributed by atoms with E-state index < -0.39 is 0 Å². The Bertz CT molecular complexity index is 494. The molecule has 0 unspecified atom stereocenters. The molecule has 84 valence electrons. The van der Waals surface area contributed by atoms with Gasteiger partial charge in [0.15, 0.2) is 0 Å². The summed E-state index contributed by atoms with van der Waals surface area (Å²) in [4.78, 5) is 4.20. The molecular weight excluding hydrogens is 270 g/mol. The lowest BCUT2D eigenvalue weighted by atomic mass is 10.3. The Morgan fingerprint density at radius 2 is 2.38 bits per heavy atom. The van der Waals surface area contributed by atoms with Crippen LogP contribution in [-0.2, 0) is 13.6 Å². The highest BCUT2D eigenvalue weighted by atomic mass is 79.9. The highest BCUT2D eigenvalue weighted by Gasteiger charge is 2.05. The minimum absolute atomic E-state index is 0.606. The Hall–Kier alpha value is -1.56. The lowest BCUT2D eigenvalue weighted by molar-refractivity contribution is 0.778. The molecule has 16 heavy (non-hydrogen) atoms. The molecule has 0 saturated carbocycles. The number of anilines is 2. The van der Waals surface area contributed by atoms with Crippen molar-refractivity contribution in [3.63, 3.8) is 0 Å². The van der Waals surface area contributed by atoms with Crippen LogP contribution >= 0.6 is 15.9 Å². The monoisotopic (exact) mass is 281 g/mol. The van der Waals surface area contributed by atoms with Crippen LogP contribution in [0.1, 0.15) is 5.56 Å². The number of pyridine rings is 1. The van der Waals surface area contributed by atoms with Gasteiger partial charge in [0.05, 0.1) is 10.7 Å². The third-order valence-corrected chi connectivity index (χ3v) is 2.91. The van der Waals surface area contributed by atoms with Crippen LogP contribution in [0, 0.1) is 0 Å². The Morgan fingerprint density at radius 1 is 1.56 bits per heavy atom. The van der Waals surface area contributed by atoms with Crippen molar-refractivity contribution < 1.29 is 0 Å². The van der Waals surface area contributed by atoms with E-state index in [-0.39, 0.29) is 0 Å². The lowest BCUT2D eigenvalue weighted by Crippen LogP contribution is -2.05. The van der Waals surface area contributed by atoms with Crippen LogP contribution in [0.3, 0.4) is 0 Å². The van der Waals surface area contributed by atoms with Crippen LogP contribution in [0.5, 0.6) is 0 Å². The molecule has 2 aromatic heterocycles. The zero-order valence-electron chi connectivity index (χ0n) is 8.81. The van der Waals surface area contributed by atoms with Crippen molar-refractivity contribution >= 4 is 27.6 Å². The molecule has 0 radical (unpaired) electrons. The van der Waals surface area contributed by atoms with Gasteiger partial charge in [-0.1, -0.05) is 0 Å². The second-order valence-electron chi connectivity index (χ2n) is 3.37. The second-order valence-corrected chi connectivity index (χ2v) is 4.22. The van der Waals surface area contributed by atoms with Gasteiger partial charge in [-0.05, 0) is 28.1 Å². The Kier molecular flexibility index (Phi) is 3.09. The normalized spacial score (nSPS) is 10.4. The largest absolute Gasteiger partial charge is 0.384 e. The number of halogens is 1. The van der Waals surface area contributed by atoms with Gasteiger partial charge in [-0.3, -0.25) is 4.68 Å². The molecule has 0 aliphatic heterocycles. The number of rotatable bonds is 3. The third-order valence-electron chi connectivity index (χ3n) is 2.27.